The van der Waals surface area contributed by atoms with Gasteiger partial charge in [-0.3, -0.25) is 0 Å². The third kappa shape index (κ3) is 2.86. The molecule has 0 saturated carbocycles. The minimum absolute atomic E-state index is 0.169. The van der Waals surface area contributed by atoms with Crippen molar-refractivity contribution in [2.45, 2.75) is 19.4 Å². The van der Waals surface area contributed by atoms with E-state index in [1.807, 2.05) is 14.0 Å². The SMILES string of the molecule is CNC(C)Cc1noc(-c2ccc(Cl)cc2F)n1. The highest BCUT2D eigenvalue weighted by atomic mass is 35.5. The summed E-state index contributed by atoms with van der Waals surface area (Å²) >= 11 is 5.68. The van der Waals surface area contributed by atoms with Crippen LogP contribution < -0.4 is 5.32 Å². The first-order valence-electron chi connectivity index (χ1n) is 5.55. The fourth-order valence-electron chi connectivity index (χ4n) is 1.49. The average Bonchev–Trinajstić information content (AvgIpc) is 2.77. The molecule has 1 aromatic heterocycles. The van der Waals surface area contributed by atoms with E-state index in [1.165, 1.54) is 12.1 Å². The highest BCUT2D eigenvalue weighted by Gasteiger charge is 2.14. The van der Waals surface area contributed by atoms with Crippen LogP contribution in [0.2, 0.25) is 5.02 Å². The van der Waals surface area contributed by atoms with Gasteiger partial charge in [0.25, 0.3) is 5.89 Å². The van der Waals surface area contributed by atoms with Crippen molar-refractivity contribution in [3.8, 4) is 11.5 Å². The molecule has 18 heavy (non-hydrogen) atoms. The Kier molecular flexibility index (Phi) is 3.93. The molecule has 96 valence electrons. The lowest BCUT2D eigenvalue weighted by molar-refractivity contribution is 0.416. The Morgan fingerprint density at radius 2 is 2.28 bits per heavy atom. The van der Waals surface area contributed by atoms with E-state index >= 15 is 0 Å². The second-order valence-electron chi connectivity index (χ2n) is 4.03. The summed E-state index contributed by atoms with van der Waals surface area (Å²) in [7, 11) is 1.85. The maximum atomic E-state index is 13.6. The van der Waals surface area contributed by atoms with Crippen LogP contribution in [-0.4, -0.2) is 23.2 Å². The molecule has 2 aromatic rings. The first-order chi connectivity index (χ1) is 8.60. The molecule has 1 heterocycles. The van der Waals surface area contributed by atoms with Gasteiger partial charge in [0.15, 0.2) is 5.82 Å². The van der Waals surface area contributed by atoms with Gasteiger partial charge in [-0.25, -0.2) is 4.39 Å². The number of rotatable bonds is 4. The summed E-state index contributed by atoms with van der Waals surface area (Å²) in [6.45, 7) is 2.00. The lowest BCUT2D eigenvalue weighted by Gasteiger charge is -2.04. The minimum Gasteiger partial charge on any atom is -0.334 e. The monoisotopic (exact) mass is 269 g/mol. The van der Waals surface area contributed by atoms with Gasteiger partial charge in [0, 0.05) is 17.5 Å². The van der Waals surface area contributed by atoms with Crippen molar-refractivity contribution in [3.63, 3.8) is 0 Å². The molecule has 4 nitrogen and oxygen atoms in total. The zero-order chi connectivity index (χ0) is 13.1. The first-order valence-corrected chi connectivity index (χ1v) is 5.93. The van der Waals surface area contributed by atoms with Gasteiger partial charge in [-0.2, -0.15) is 4.98 Å². The number of likely N-dealkylation sites (N-methyl/N-ethyl adjacent to an activating group) is 1. The maximum absolute atomic E-state index is 13.6. The summed E-state index contributed by atoms with van der Waals surface area (Å²) in [5, 5.41) is 7.22. The second-order valence-corrected chi connectivity index (χ2v) is 4.47. The van der Waals surface area contributed by atoms with Gasteiger partial charge in [0.1, 0.15) is 5.82 Å². The van der Waals surface area contributed by atoms with Gasteiger partial charge in [0.2, 0.25) is 0 Å². The predicted molar refractivity (Wildman–Crippen MR) is 66.9 cm³/mol. The van der Waals surface area contributed by atoms with Crippen molar-refractivity contribution in [3.05, 3.63) is 34.9 Å². The highest BCUT2D eigenvalue weighted by Crippen LogP contribution is 2.23. The van der Waals surface area contributed by atoms with Crippen molar-refractivity contribution in [2.75, 3.05) is 7.05 Å². The van der Waals surface area contributed by atoms with Crippen LogP contribution in [0, 0.1) is 5.82 Å². The molecule has 0 aliphatic heterocycles. The zero-order valence-corrected chi connectivity index (χ0v) is 10.8. The number of hydrogen-bond donors (Lipinski definition) is 1. The zero-order valence-electron chi connectivity index (χ0n) is 10.1. The van der Waals surface area contributed by atoms with Crippen molar-refractivity contribution < 1.29 is 8.91 Å². The van der Waals surface area contributed by atoms with Crippen molar-refractivity contribution >= 4 is 11.6 Å². The number of aromatic nitrogens is 2. The molecule has 0 radical (unpaired) electrons. The molecule has 0 aliphatic rings. The second kappa shape index (κ2) is 5.46. The Hall–Kier alpha value is -1.46. The highest BCUT2D eigenvalue weighted by molar-refractivity contribution is 6.30. The standard InChI is InChI=1S/C12H13ClFN3O/c1-7(15-2)5-11-16-12(18-17-11)9-4-3-8(13)6-10(9)14/h3-4,6-7,15H,5H2,1-2H3. The molecule has 6 heteroatoms. The number of benzene rings is 1. The molecule has 0 fully saturated rings. The predicted octanol–water partition coefficient (Wildman–Crippen LogP) is 2.68. The maximum Gasteiger partial charge on any atom is 0.260 e. The molecule has 0 saturated heterocycles. The van der Waals surface area contributed by atoms with E-state index in [0.717, 1.165) is 0 Å². The molecular weight excluding hydrogens is 257 g/mol. The summed E-state index contributed by atoms with van der Waals surface area (Å²) in [6, 6.07) is 4.55. The third-order valence-electron chi connectivity index (χ3n) is 2.61. The largest absolute Gasteiger partial charge is 0.334 e. The van der Waals surface area contributed by atoms with E-state index in [2.05, 4.69) is 15.5 Å². The molecule has 2 rings (SSSR count). The molecule has 0 amide bonds. The summed E-state index contributed by atoms with van der Waals surface area (Å²) < 4.78 is 18.7. The van der Waals surface area contributed by atoms with Gasteiger partial charge >= 0.3 is 0 Å². The Balaban J connectivity index is 2.24. The molecule has 0 spiro atoms. The topological polar surface area (TPSA) is 51.0 Å². The van der Waals surface area contributed by atoms with Crippen LogP contribution in [0.25, 0.3) is 11.5 Å². The van der Waals surface area contributed by atoms with E-state index in [-0.39, 0.29) is 17.5 Å². The van der Waals surface area contributed by atoms with Crippen LogP contribution in [0.5, 0.6) is 0 Å². The molecule has 1 N–H and O–H groups in total. The quantitative estimate of drug-likeness (QED) is 0.927. The number of nitrogens with zero attached hydrogens (tertiary/aromatic N) is 2. The van der Waals surface area contributed by atoms with Crippen LogP contribution in [0.4, 0.5) is 4.39 Å². The Bertz CT molecular complexity index is 544. The lowest BCUT2D eigenvalue weighted by Crippen LogP contribution is -2.24. The van der Waals surface area contributed by atoms with Gasteiger partial charge in [-0.1, -0.05) is 16.8 Å². The van der Waals surface area contributed by atoms with Gasteiger partial charge in [-0.05, 0) is 32.2 Å². The van der Waals surface area contributed by atoms with E-state index in [1.54, 1.807) is 6.07 Å². The van der Waals surface area contributed by atoms with Crippen molar-refractivity contribution in [1.29, 1.82) is 0 Å². The molecule has 0 aliphatic carbocycles. The minimum atomic E-state index is -0.473. The number of hydrogen-bond acceptors (Lipinski definition) is 4. The van der Waals surface area contributed by atoms with E-state index in [0.29, 0.717) is 17.3 Å². The van der Waals surface area contributed by atoms with E-state index in [4.69, 9.17) is 16.1 Å². The van der Waals surface area contributed by atoms with Gasteiger partial charge in [0.05, 0.1) is 5.56 Å². The number of halogens is 2. The summed E-state index contributed by atoms with van der Waals surface area (Å²) in [5.74, 6) is 0.239. The van der Waals surface area contributed by atoms with E-state index < -0.39 is 5.82 Å². The lowest BCUT2D eigenvalue weighted by atomic mass is 10.2. The normalized spacial score (nSPS) is 12.7. The summed E-state index contributed by atoms with van der Waals surface area (Å²) in [4.78, 5) is 4.16. The Morgan fingerprint density at radius 1 is 1.50 bits per heavy atom. The molecule has 0 bridgehead atoms. The van der Waals surface area contributed by atoms with Gasteiger partial charge < -0.3 is 9.84 Å². The molecule has 1 aromatic carbocycles. The summed E-state index contributed by atoms with van der Waals surface area (Å²) in [5.41, 5.74) is 0.260. The molecule has 1 atom stereocenters. The van der Waals surface area contributed by atoms with Crippen molar-refractivity contribution in [1.82, 2.24) is 15.5 Å². The van der Waals surface area contributed by atoms with Crippen LogP contribution in [0.3, 0.4) is 0 Å². The van der Waals surface area contributed by atoms with Crippen LogP contribution >= 0.6 is 11.6 Å². The Morgan fingerprint density at radius 3 is 2.94 bits per heavy atom. The van der Waals surface area contributed by atoms with Crippen molar-refractivity contribution in [2.24, 2.45) is 0 Å². The summed E-state index contributed by atoms with van der Waals surface area (Å²) in [6.07, 6.45) is 0.620. The molecular formula is C12H13ClFN3O. The number of nitrogens with one attached hydrogen (secondary N) is 1. The average molecular weight is 270 g/mol. The fourth-order valence-corrected chi connectivity index (χ4v) is 1.64. The molecule has 1 unspecified atom stereocenters. The fraction of sp³-hybridized carbons (Fsp3) is 0.333. The smallest absolute Gasteiger partial charge is 0.260 e. The van der Waals surface area contributed by atoms with Crippen LogP contribution in [0.1, 0.15) is 12.7 Å². The van der Waals surface area contributed by atoms with Gasteiger partial charge in [-0.15, -0.1) is 0 Å². The Labute approximate surface area is 109 Å². The third-order valence-corrected chi connectivity index (χ3v) is 2.85. The van der Waals surface area contributed by atoms with Crippen LogP contribution in [-0.2, 0) is 6.42 Å². The van der Waals surface area contributed by atoms with Crippen LogP contribution in [0.15, 0.2) is 22.7 Å². The van der Waals surface area contributed by atoms with E-state index in [9.17, 15) is 4.39 Å². The first kappa shape index (κ1) is 13.0.